The number of hydrogen-bond acceptors (Lipinski definition) is 3. The van der Waals surface area contributed by atoms with Crippen LogP contribution in [0.15, 0.2) is 11.0 Å². The summed E-state index contributed by atoms with van der Waals surface area (Å²) in [5.41, 5.74) is 6.34. The predicted molar refractivity (Wildman–Crippen MR) is 86.5 cm³/mol. The van der Waals surface area contributed by atoms with Crippen molar-refractivity contribution in [3.8, 4) is 0 Å². The monoisotopic (exact) mass is 350 g/mol. The molecule has 4 nitrogen and oxygen atoms in total. The number of nitrogens with one attached hydrogen (secondary N) is 1. The van der Waals surface area contributed by atoms with Gasteiger partial charge < -0.3 is 5.73 Å². The molecule has 1 fully saturated rings. The summed E-state index contributed by atoms with van der Waals surface area (Å²) in [6.07, 6.45) is 3.44. The summed E-state index contributed by atoms with van der Waals surface area (Å²) < 4.78 is 28.4. The van der Waals surface area contributed by atoms with E-state index in [1.54, 1.807) is 19.9 Å². The van der Waals surface area contributed by atoms with Crippen LogP contribution in [0.5, 0.6) is 0 Å². The number of benzene rings is 1. The second-order valence-corrected chi connectivity index (χ2v) is 8.14. The fourth-order valence-corrected chi connectivity index (χ4v) is 5.55. The first-order valence-electron chi connectivity index (χ1n) is 6.92. The highest BCUT2D eigenvalue weighted by molar-refractivity contribution is 7.89. The first-order valence-corrected chi connectivity index (χ1v) is 9.15. The molecule has 0 atom stereocenters. The minimum absolute atomic E-state index is 0.0638. The van der Waals surface area contributed by atoms with Crippen molar-refractivity contribution in [2.24, 2.45) is 5.73 Å². The van der Waals surface area contributed by atoms with Crippen molar-refractivity contribution < 1.29 is 8.42 Å². The van der Waals surface area contributed by atoms with Crippen LogP contribution in [0.25, 0.3) is 0 Å². The molecule has 0 unspecified atom stereocenters. The zero-order valence-corrected chi connectivity index (χ0v) is 14.5. The SMILES string of the molecule is Cc1cc(Cl)c(C)c(S(=O)(=O)NC2(CN)CCCC2)c1Cl. The maximum absolute atomic E-state index is 12.8. The van der Waals surface area contributed by atoms with Gasteiger partial charge in [0.15, 0.2) is 0 Å². The Morgan fingerprint density at radius 2 is 1.86 bits per heavy atom. The molecule has 21 heavy (non-hydrogen) atoms. The topological polar surface area (TPSA) is 72.2 Å². The van der Waals surface area contributed by atoms with Crippen molar-refractivity contribution in [1.29, 1.82) is 0 Å². The van der Waals surface area contributed by atoms with Gasteiger partial charge in [0, 0.05) is 17.1 Å². The Kier molecular flexibility index (Phi) is 4.90. The Morgan fingerprint density at radius 1 is 1.29 bits per heavy atom. The van der Waals surface area contributed by atoms with Crippen LogP contribution in [0.4, 0.5) is 0 Å². The van der Waals surface area contributed by atoms with Crippen LogP contribution in [-0.2, 0) is 10.0 Å². The molecular weight excluding hydrogens is 331 g/mol. The molecule has 0 saturated heterocycles. The molecule has 1 saturated carbocycles. The highest BCUT2D eigenvalue weighted by Gasteiger charge is 2.38. The number of nitrogens with two attached hydrogens (primary N) is 1. The Hall–Kier alpha value is -0.330. The van der Waals surface area contributed by atoms with E-state index in [0.29, 0.717) is 16.1 Å². The predicted octanol–water partition coefficient (Wildman–Crippen LogP) is 3.16. The van der Waals surface area contributed by atoms with Crippen molar-refractivity contribution >= 4 is 33.2 Å². The molecule has 0 amide bonds. The third-order valence-corrected chi connectivity index (χ3v) is 6.90. The van der Waals surface area contributed by atoms with E-state index in [-0.39, 0.29) is 16.5 Å². The Labute approximate surface area is 136 Å². The van der Waals surface area contributed by atoms with E-state index in [4.69, 9.17) is 28.9 Å². The first kappa shape index (κ1) is 17.0. The van der Waals surface area contributed by atoms with Gasteiger partial charge in [0.05, 0.1) is 5.02 Å². The summed E-state index contributed by atoms with van der Waals surface area (Å²) in [5, 5.41) is 0.611. The molecule has 0 spiro atoms. The van der Waals surface area contributed by atoms with Gasteiger partial charge in [-0.05, 0) is 43.9 Å². The third-order valence-electron chi connectivity index (χ3n) is 4.16. The van der Waals surface area contributed by atoms with E-state index in [9.17, 15) is 8.42 Å². The van der Waals surface area contributed by atoms with E-state index < -0.39 is 15.6 Å². The van der Waals surface area contributed by atoms with Gasteiger partial charge in [-0.1, -0.05) is 36.0 Å². The van der Waals surface area contributed by atoms with Crippen LogP contribution in [0.3, 0.4) is 0 Å². The van der Waals surface area contributed by atoms with Gasteiger partial charge in [-0.2, -0.15) is 0 Å². The lowest BCUT2D eigenvalue weighted by molar-refractivity contribution is 0.399. The lowest BCUT2D eigenvalue weighted by atomic mass is 10.0. The summed E-state index contributed by atoms with van der Waals surface area (Å²) in [4.78, 5) is 0.0638. The van der Waals surface area contributed by atoms with Gasteiger partial charge >= 0.3 is 0 Å². The zero-order valence-electron chi connectivity index (χ0n) is 12.2. The molecular formula is C14H20Cl2N2O2S. The molecule has 0 aromatic heterocycles. The fourth-order valence-electron chi connectivity index (χ4n) is 2.87. The van der Waals surface area contributed by atoms with Gasteiger partial charge in [0.1, 0.15) is 4.90 Å². The van der Waals surface area contributed by atoms with E-state index in [0.717, 1.165) is 25.7 Å². The maximum atomic E-state index is 12.8. The molecule has 118 valence electrons. The molecule has 0 aliphatic heterocycles. The highest BCUT2D eigenvalue weighted by atomic mass is 35.5. The summed E-state index contributed by atoms with van der Waals surface area (Å²) in [7, 11) is -3.77. The molecule has 2 rings (SSSR count). The number of sulfonamides is 1. The summed E-state index contributed by atoms with van der Waals surface area (Å²) in [5.74, 6) is 0. The lowest BCUT2D eigenvalue weighted by Gasteiger charge is -2.29. The van der Waals surface area contributed by atoms with Gasteiger partial charge in [-0.3, -0.25) is 0 Å². The second kappa shape index (κ2) is 6.05. The van der Waals surface area contributed by atoms with Gasteiger partial charge in [-0.25, -0.2) is 13.1 Å². The standard InChI is InChI=1S/C14H20Cl2N2O2S/c1-9-7-11(15)10(2)13(12(9)16)21(19,20)18-14(8-17)5-3-4-6-14/h7,18H,3-6,8,17H2,1-2H3. The van der Waals surface area contributed by atoms with Crippen molar-refractivity contribution in [3.05, 3.63) is 27.2 Å². The molecule has 1 aliphatic carbocycles. The van der Waals surface area contributed by atoms with E-state index in [2.05, 4.69) is 4.72 Å². The largest absolute Gasteiger partial charge is 0.329 e. The van der Waals surface area contributed by atoms with E-state index in [1.807, 2.05) is 0 Å². The van der Waals surface area contributed by atoms with Crippen LogP contribution in [-0.4, -0.2) is 20.5 Å². The van der Waals surface area contributed by atoms with E-state index >= 15 is 0 Å². The molecule has 0 radical (unpaired) electrons. The summed E-state index contributed by atoms with van der Waals surface area (Å²) in [6.45, 7) is 3.68. The minimum Gasteiger partial charge on any atom is -0.329 e. The molecule has 0 heterocycles. The van der Waals surface area contributed by atoms with Crippen LogP contribution >= 0.6 is 23.2 Å². The highest BCUT2D eigenvalue weighted by Crippen LogP contribution is 2.36. The number of halogens is 2. The van der Waals surface area contributed by atoms with Crippen LogP contribution in [0, 0.1) is 13.8 Å². The van der Waals surface area contributed by atoms with Gasteiger partial charge in [-0.15, -0.1) is 0 Å². The van der Waals surface area contributed by atoms with Gasteiger partial charge in [0.2, 0.25) is 10.0 Å². The quantitative estimate of drug-likeness (QED) is 0.875. The van der Waals surface area contributed by atoms with Crippen molar-refractivity contribution in [3.63, 3.8) is 0 Å². The molecule has 0 bridgehead atoms. The fraction of sp³-hybridized carbons (Fsp3) is 0.571. The van der Waals surface area contributed by atoms with Crippen LogP contribution in [0.1, 0.15) is 36.8 Å². The number of aryl methyl sites for hydroxylation is 1. The zero-order chi connectivity index (χ0) is 15.8. The van der Waals surface area contributed by atoms with Crippen molar-refractivity contribution in [2.75, 3.05) is 6.54 Å². The van der Waals surface area contributed by atoms with Gasteiger partial charge in [0.25, 0.3) is 0 Å². The number of hydrogen-bond donors (Lipinski definition) is 2. The third kappa shape index (κ3) is 3.22. The second-order valence-electron chi connectivity index (χ2n) is 5.74. The van der Waals surface area contributed by atoms with Crippen molar-refractivity contribution in [1.82, 2.24) is 4.72 Å². The molecule has 7 heteroatoms. The van der Waals surface area contributed by atoms with E-state index in [1.165, 1.54) is 0 Å². The molecule has 1 aliphatic rings. The average Bonchev–Trinajstić information content (AvgIpc) is 2.85. The van der Waals surface area contributed by atoms with Crippen LogP contribution < -0.4 is 10.5 Å². The minimum atomic E-state index is -3.77. The normalized spacial score (nSPS) is 18.1. The molecule has 3 N–H and O–H groups in total. The maximum Gasteiger partial charge on any atom is 0.242 e. The number of rotatable bonds is 4. The summed E-state index contributed by atoms with van der Waals surface area (Å²) >= 11 is 12.3. The molecule has 1 aromatic carbocycles. The smallest absolute Gasteiger partial charge is 0.242 e. The Balaban J connectivity index is 2.50. The Morgan fingerprint density at radius 3 is 2.38 bits per heavy atom. The lowest BCUT2D eigenvalue weighted by Crippen LogP contribution is -2.51. The van der Waals surface area contributed by atoms with Crippen molar-refractivity contribution in [2.45, 2.75) is 50.0 Å². The van der Waals surface area contributed by atoms with Crippen LogP contribution in [0.2, 0.25) is 10.0 Å². The first-order chi connectivity index (χ1) is 9.72. The average molecular weight is 351 g/mol. The summed E-state index contributed by atoms with van der Waals surface area (Å²) in [6, 6.07) is 1.67. The Bertz CT molecular complexity index is 627. The molecule has 1 aromatic rings.